The molecule has 0 bridgehead atoms. The van der Waals surface area contributed by atoms with Gasteiger partial charge in [0.15, 0.2) is 0 Å². The second-order valence-electron chi connectivity index (χ2n) is 4.87. The van der Waals surface area contributed by atoms with Crippen molar-refractivity contribution in [2.45, 2.75) is 46.1 Å². The van der Waals surface area contributed by atoms with Gasteiger partial charge in [-0.1, -0.05) is 26.8 Å². The van der Waals surface area contributed by atoms with Gasteiger partial charge in [-0.3, -0.25) is 14.9 Å². The molecule has 0 unspecified atom stereocenters. The topological polar surface area (TPSA) is 84.3 Å². The molecule has 0 spiro atoms. The SMILES string of the molecule is CCCNc1c(C(=O)NC(CC)CC)cccc1[N+](=O)[O-]. The van der Waals surface area contributed by atoms with E-state index in [2.05, 4.69) is 10.6 Å². The normalized spacial score (nSPS) is 10.5. The van der Waals surface area contributed by atoms with Crippen molar-refractivity contribution in [2.24, 2.45) is 0 Å². The van der Waals surface area contributed by atoms with E-state index in [4.69, 9.17) is 0 Å². The number of nitro groups is 1. The van der Waals surface area contributed by atoms with Gasteiger partial charge in [0.1, 0.15) is 5.69 Å². The fourth-order valence-corrected chi connectivity index (χ4v) is 2.07. The van der Waals surface area contributed by atoms with E-state index in [1.807, 2.05) is 20.8 Å². The van der Waals surface area contributed by atoms with E-state index in [1.165, 1.54) is 12.1 Å². The molecule has 6 nitrogen and oxygen atoms in total. The molecule has 0 heterocycles. The highest BCUT2D eigenvalue weighted by Crippen LogP contribution is 2.28. The van der Waals surface area contributed by atoms with E-state index in [0.29, 0.717) is 17.8 Å². The van der Waals surface area contributed by atoms with Crippen LogP contribution in [0.5, 0.6) is 0 Å². The molecule has 6 heteroatoms. The van der Waals surface area contributed by atoms with Crippen LogP contribution in [0.15, 0.2) is 18.2 Å². The van der Waals surface area contributed by atoms with E-state index in [0.717, 1.165) is 19.3 Å². The Labute approximate surface area is 125 Å². The summed E-state index contributed by atoms with van der Waals surface area (Å²) < 4.78 is 0. The molecule has 1 amide bonds. The predicted molar refractivity (Wildman–Crippen MR) is 83.7 cm³/mol. The number of benzene rings is 1. The van der Waals surface area contributed by atoms with E-state index >= 15 is 0 Å². The molecule has 21 heavy (non-hydrogen) atoms. The third-order valence-corrected chi connectivity index (χ3v) is 3.36. The number of hydrogen-bond donors (Lipinski definition) is 2. The highest BCUT2D eigenvalue weighted by molar-refractivity contribution is 6.01. The van der Waals surface area contributed by atoms with Gasteiger partial charge in [0, 0.05) is 18.7 Å². The number of nitrogens with one attached hydrogen (secondary N) is 2. The summed E-state index contributed by atoms with van der Waals surface area (Å²) in [7, 11) is 0. The minimum absolute atomic E-state index is 0.0688. The van der Waals surface area contributed by atoms with Gasteiger partial charge >= 0.3 is 0 Å². The number of carbonyl (C=O) groups excluding carboxylic acids is 1. The Kier molecular flexibility index (Phi) is 6.65. The Bertz CT molecular complexity index is 499. The monoisotopic (exact) mass is 293 g/mol. The number of nitrogens with zero attached hydrogens (tertiary/aromatic N) is 1. The van der Waals surface area contributed by atoms with E-state index in [1.54, 1.807) is 6.07 Å². The first-order chi connectivity index (χ1) is 10.0. The van der Waals surface area contributed by atoms with Crippen LogP contribution >= 0.6 is 0 Å². The Hall–Kier alpha value is -2.11. The van der Waals surface area contributed by atoms with Gasteiger partial charge in [-0.05, 0) is 25.3 Å². The smallest absolute Gasteiger partial charge is 0.293 e. The number of amides is 1. The lowest BCUT2D eigenvalue weighted by Crippen LogP contribution is -2.34. The summed E-state index contributed by atoms with van der Waals surface area (Å²) in [5, 5.41) is 17.0. The van der Waals surface area contributed by atoms with Gasteiger partial charge in [0.2, 0.25) is 0 Å². The lowest BCUT2D eigenvalue weighted by atomic mass is 10.1. The quantitative estimate of drug-likeness (QED) is 0.568. The summed E-state index contributed by atoms with van der Waals surface area (Å²) in [6.45, 7) is 6.54. The van der Waals surface area contributed by atoms with Crippen molar-refractivity contribution in [3.05, 3.63) is 33.9 Å². The van der Waals surface area contributed by atoms with Crippen LogP contribution in [-0.2, 0) is 0 Å². The van der Waals surface area contributed by atoms with Crippen molar-refractivity contribution in [3.63, 3.8) is 0 Å². The maximum absolute atomic E-state index is 12.4. The molecule has 0 radical (unpaired) electrons. The zero-order valence-electron chi connectivity index (χ0n) is 12.8. The summed E-state index contributed by atoms with van der Waals surface area (Å²) in [4.78, 5) is 23.0. The van der Waals surface area contributed by atoms with Crippen molar-refractivity contribution < 1.29 is 9.72 Å². The molecular formula is C15H23N3O3. The molecule has 0 aliphatic rings. The fraction of sp³-hybridized carbons (Fsp3) is 0.533. The number of carbonyl (C=O) groups is 1. The van der Waals surface area contributed by atoms with Gasteiger partial charge in [-0.2, -0.15) is 0 Å². The van der Waals surface area contributed by atoms with Crippen molar-refractivity contribution in [1.82, 2.24) is 5.32 Å². The van der Waals surface area contributed by atoms with Gasteiger partial charge < -0.3 is 10.6 Å². The highest BCUT2D eigenvalue weighted by Gasteiger charge is 2.22. The van der Waals surface area contributed by atoms with Crippen LogP contribution in [0.3, 0.4) is 0 Å². The largest absolute Gasteiger partial charge is 0.379 e. The highest BCUT2D eigenvalue weighted by atomic mass is 16.6. The lowest BCUT2D eigenvalue weighted by Gasteiger charge is -2.17. The number of nitro benzene ring substituents is 1. The molecule has 1 aromatic rings. The molecule has 0 aromatic heterocycles. The molecule has 1 rings (SSSR count). The maximum atomic E-state index is 12.4. The average Bonchev–Trinajstić information content (AvgIpc) is 2.49. The standard InChI is InChI=1S/C15H23N3O3/c1-4-10-16-14-12(8-7-9-13(14)18(20)21)15(19)17-11(5-2)6-3/h7-9,11,16H,4-6,10H2,1-3H3,(H,17,19). The zero-order chi connectivity index (χ0) is 15.8. The van der Waals surface area contributed by atoms with Gasteiger partial charge in [-0.25, -0.2) is 0 Å². The summed E-state index contributed by atoms with van der Waals surface area (Å²) in [6, 6.07) is 4.64. The van der Waals surface area contributed by atoms with Crippen molar-refractivity contribution in [2.75, 3.05) is 11.9 Å². The fourth-order valence-electron chi connectivity index (χ4n) is 2.07. The number of hydrogen-bond acceptors (Lipinski definition) is 4. The summed E-state index contributed by atoms with van der Waals surface area (Å²) in [5.41, 5.74) is 0.554. The first-order valence-corrected chi connectivity index (χ1v) is 7.37. The molecule has 2 N–H and O–H groups in total. The summed E-state index contributed by atoms with van der Waals surface area (Å²) in [5.74, 6) is -0.272. The number of anilines is 1. The maximum Gasteiger partial charge on any atom is 0.293 e. The van der Waals surface area contributed by atoms with E-state index in [-0.39, 0.29) is 17.6 Å². The van der Waals surface area contributed by atoms with Crippen LogP contribution in [0, 0.1) is 10.1 Å². The Morgan fingerprint density at radius 1 is 1.29 bits per heavy atom. The van der Waals surface area contributed by atoms with E-state index < -0.39 is 4.92 Å². The van der Waals surface area contributed by atoms with Crippen LogP contribution in [0.4, 0.5) is 11.4 Å². The molecule has 0 saturated heterocycles. The van der Waals surface area contributed by atoms with Crippen molar-refractivity contribution >= 4 is 17.3 Å². The van der Waals surface area contributed by atoms with Gasteiger partial charge in [-0.15, -0.1) is 0 Å². The first-order valence-electron chi connectivity index (χ1n) is 7.37. The number of para-hydroxylation sites is 1. The second kappa shape index (κ2) is 8.24. The van der Waals surface area contributed by atoms with Crippen LogP contribution in [-0.4, -0.2) is 23.4 Å². The van der Waals surface area contributed by atoms with Crippen LogP contribution in [0.25, 0.3) is 0 Å². The number of rotatable bonds is 8. The molecule has 0 fully saturated rings. The molecule has 1 aromatic carbocycles. The Morgan fingerprint density at radius 2 is 1.95 bits per heavy atom. The Balaban J connectivity index is 3.12. The lowest BCUT2D eigenvalue weighted by molar-refractivity contribution is -0.384. The van der Waals surface area contributed by atoms with Gasteiger partial charge in [0.25, 0.3) is 11.6 Å². The molecule has 0 aliphatic carbocycles. The van der Waals surface area contributed by atoms with Crippen molar-refractivity contribution in [1.29, 1.82) is 0 Å². The molecule has 0 atom stereocenters. The molecule has 0 aliphatic heterocycles. The van der Waals surface area contributed by atoms with Crippen LogP contribution < -0.4 is 10.6 Å². The third kappa shape index (κ3) is 4.44. The summed E-state index contributed by atoms with van der Waals surface area (Å²) in [6.07, 6.45) is 2.48. The van der Waals surface area contributed by atoms with Crippen molar-refractivity contribution in [3.8, 4) is 0 Å². The first kappa shape index (κ1) is 16.9. The average molecular weight is 293 g/mol. The summed E-state index contributed by atoms with van der Waals surface area (Å²) >= 11 is 0. The zero-order valence-corrected chi connectivity index (χ0v) is 12.8. The Morgan fingerprint density at radius 3 is 2.48 bits per heavy atom. The molecule has 0 saturated carbocycles. The molecular weight excluding hydrogens is 270 g/mol. The van der Waals surface area contributed by atoms with Crippen LogP contribution in [0.2, 0.25) is 0 Å². The van der Waals surface area contributed by atoms with Crippen LogP contribution in [0.1, 0.15) is 50.4 Å². The van der Waals surface area contributed by atoms with Gasteiger partial charge in [0.05, 0.1) is 10.5 Å². The predicted octanol–water partition coefficient (Wildman–Crippen LogP) is 3.34. The second-order valence-corrected chi connectivity index (χ2v) is 4.87. The minimum atomic E-state index is -0.466. The minimum Gasteiger partial charge on any atom is -0.379 e. The third-order valence-electron chi connectivity index (χ3n) is 3.36. The molecule has 116 valence electrons. The van der Waals surface area contributed by atoms with E-state index in [9.17, 15) is 14.9 Å².